The zero-order chi connectivity index (χ0) is 11.1. The van der Waals surface area contributed by atoms with Crippen molar-refractivity contribution in [1.29, 1.82) is 0 Å². The van der Waals surface area contributed by atoms with E-state index >= 15 is 0 Å². The Labute approximate surface area is 90.7 Å². The van der Waals surface area contributed by atoms with E-state index in [-0.39, 0.29) is 17.2 Å². The molecule has 1 aromatic carbocycles. The highest BCUT2D eigenvalue weighted by atomic mass is 16.1. The summed E-state index contributed by atoms with van der Waals surface area (Å²) in [6.07, 6.45) is 0.882. The third-order valence-electron chi connectivity index (χ3n) is 3.25. The van der Waals surface area contributed by atoms with E-state index in [1.165, 1.54) is 0 Å². The molecule has 0 saturated carbocycles. The molecule has 0 saturated heterocycles. The van der Waals surface area contributed by atoms with Crippen LogP contribution in [-0.2, 0) is 0 Å². The van der Waals surface area contributed by atoms with Crippen molar-refractivity contribution in [2.24, 2.45) is 5.92 Å². The van der Waals surface area contributed by atoms with Gasteiger partial charge in [0.1, 0.15) is 0 Å². The van der Waals surface area contributed by atoms with Gasteiger partial charge in [0.15, 0.2) is 5.78 Å². The highest BCUT2D eigenvalue weighted by Crippen LogP contribution is 2.35. The maximum atomic E-state index is 12.2. The molecule has 2 rings (SSSR count). The second-order valence-corrected chi connectivity index (χ2v) is 4.72. The lowest BCUT2D eigenvalue weighted by molar-refractivity contribution is 0.0863. The van der Waals surface area contributed by atoms with Crippen molar-refractivity contribution in [3.05, 3.63) is 29.8 Å². The normalized spacial score (nSPS) is 23.1. The number of hydrogen-bond acceptors (Lipinski definition) is 2. The fraction of sp³-hybridized carbons (Fsp3) is 0.462. The number of ketones is 1. The Bertz CT molecular complexity index is 395. The zero-order valence-corrected chi connectivity index (χ0v) is 9.50. The van der Waals surface area contributed by atoms with Gasteiger partial charge >= 0.3 is 0 Å². The summed E-state index contributed by atoms with van der Waals surface area (Å²) in [6.45, 7) is 6.25. The molecule has 80 valence electrons. The minimum absolute atomic E-state index is 0.0763. The lowest BCUT2D eigenvalue weighted by Crippen LogP contribution is -2.47. The Hall–Kier alpha value is -1.31. The summed E-state index contributed by atoms with van der Waals surface area (Å²) in [7, 11) is 0. The maximum Gasteiger partial charge on any atom is 0.170 e. The number of anilines is 1. The Morgan fingerprint density at radius 3 is 2.67 bits per heavy atom. The van der Waals surface area contributed by atoms with E-state index in [0.29, 0.717) is 0 Å². The molecule has 15 heavy (non-hydrogen) atoms. The van der Waals surface area contributed by atoms with Crippen LogP contribution in [-0.4, -0.2) is 11.3 Å². The predicted molar refractivity (Wildman–Crippen MR) is 62.3 cm³/mol. The number of rotatable bonds is 1. The lowest BCUT2D eigenvalue weighted by atomic mass is 9.76. The molecule has 1 aliphatic rings. The first-order valence-electron chi connectivity index (χ1n) is 5.47. The van der Waals surface area contributed by atoms with Crippen LogP contribution in [0.2, 0.25) is 0 Å². The molecule has 0 bridgehead atoms. The summed E-state index contributed by atoms with van der Waals surface area (Å²) in [5, 5.41) is 3.45. The van der Waals surface area contributed by atoms with Crippen LogP contribution in [0.4, 0.5) is 5.69 Å². The van der Waals surface area contributed by atoms with E-state index < -0.39 is 0 Å². The van der Waals surface area contributed by atoms with Crippen LogP contribution in [0, 0.1) is 5.92 Å². The lowest BCUT2D eigenvalue weighted by Gasteiger charge is -2.39. The molecule has 0 aliphatic carbocycles. The Balaban J connectivity index is 2.50. The van der Waals surface area contributed by atoms with Crippen LogP contribution >= 0.6 is 0 Å². The monoisotopic (exact) mass is 203 g/mol. The zero-order valence-electron chi connectivity index (χ0n) is 9.50. The number of carbonyl (C=O) groups is 1. The number of hydrogen-bond donors (Lipinski definition) is 1. The van der Waals surface area contributed by atoms with Gasteiger partial charge in [0.2, 0.25) is 0 Å². The summed E-state index contributed by atoms with van der Waals surface area (Å²) in [6, 6.07) is 7.76. The van der Waals surface area contributed by atoms with Crippen molar-refractivity contribution in [2.75, 3.05) is 5.32 Å². The first kappa shape index (κ1) is 10.2. The van der Waals surface area contributed by atoms with Gasteiger partial charge in [-0.15, -0.1) is 0 Å². The standard InChI is InChI=1S/C13H17NO/c1-4-10-12(15)9-7-5-6-8-11(9)14-13(10,2)3/h5-8,10,14H,4H2,1-3H3. The van der Waals surface area contributed by atoms with Crippen LogP contribution in [0.25, 0.3) is 0 Å². The van der Waals surface area contributed by atoms with E-state index in [9.17, 15) is 4.79 Å². The number of nitrogens with one attached hydrogen (secondary N) is 1. The summed E-state index contributed by atoms with van der Waals surface area (Å²) in [5.41, 5.74) is 1.67. The van der Waals surface area contributed by atoms with Crippen molar-refractivity contribution in [2.45, 2.75) is 32.7 Å². The number of carbonyl (C=O) groups excluding carboxylic acids is 1. The molecule has 1 unspecified atom stereocenters. The van der Waals surface area contributed by atoms with Gasteiger partial charge in [-0.3, -0.25) is 4.79 Å². The van der Waals surface area contributed by atoms with E-state index in [0.717, 1.165) is 17.7 Å². The Morgan fingerprint density at radius 2 is 2.00 bits per heavy atom. The largest absolute Gasteiger partial charge is 0.379 e. The fourth-order valence-electron chi connectivity index (χ4n) is 2.45. The second kappa shape index (κ2) is 3.37. The molecule has 0 radical (unpaired) electrons. The molecule has 0 fully saturated rings. The molecule has 1 aromatic rings. The number of fused-ring (bicyclic) bond motifs is 1. The van der Waals surface area contributed by atoms with Crippen molar-refractivity contribution >= 4 is 11.5 Å². The van der Waals surface area contributed by atoms with Crippen LogP contribution < -0.4 is 5.32 Å². The number of para-hydroxylation sites is 1. The molecule has 2 nitrogen and oxygen atoms in total. The molecule has 2 heteroatoms. The molecular formula is C13H17NO. The van der Waals surface area contributed by atoms with Crippen molar-refractivity contribution in [3.63, 3.8) is 0 Å². The summed E-state index contributed by atoms with van der Waals surface area (Å²) in [5.74, 6) is 0.351. The highest BCUT2D eigenvalue weighted by molar-refractivity contribution is 6.05. The minimum Gasteiger partial charge on any atom is -0.379 e. The molecule has 1 N–H and O–H groups in total. The third-order valence-corrected chi connectivity index (χ3v) is 3.25. The average molecular weight is 203 g/mol. The molecule has 1 aliphatic heterocycles. The second-order valence-electron chi connectivity index (χ2n) is 4.72. The van der Waals surface area contributed by atoms with E-state index in [1.807, 2.05) is 24.3 Å². The van der Waals surface area contributed by atoms with E-state index in [1.54, 1.807) is 0 Å². The number of benzene rings is 1. The first-order chi connectivity index (χ1) is 7.06. The quantitative estimate of drug-likeness (QED) is 0.759. The average Bonchev–Trinajstić information content (AvgIpc) is 2.17. The van der Waals surface area contributed by atoms with Gasteiger partial charge in [0.05, 0.1) is 0 Å². The summed E-state index contributed by atoms with van der Waals surface area (Å²) >= 11 is 0. The maximum absolute atomic E-state index is 12.2. The molecule has 0 spiro atoms. The molecule has 0 aromatic heterocycles. The smallest absolute Gasteiger partial charge is 0.170 e. The van der Waals surface area contributed by atoms with Gasteiger partial charge in [-0.05, 0) is 32.4 Å². The minimum atomic E-state index is -0.139. The van der Waals surface area contributed by atoms with Crippen LogP contribution in [0.1, 0.15) is 37.6 Å². The summed E-state index contributed by atoms with van der Waals surface area (Å²) in [4.78, 5) is 12.2. The van der Waals surface area contributed by atoms with Gasteiger partial charge in [-0.25, -0.2) is 0 Å². The fourth-order valence-corrected chi connectivity index (χ4v) is 2.45. The van der Waals surface area contributed by atoms with Crippen molar-refractivity contribution in [1.82, 2.24) is 0 Å². The van der Waals surface area contributed by atoms with E-state index in [2.05, 4.69) is 26.1 Å². The molecule has 0 amide bonds. The van der Waals surface area contributed by atoms with Crippen LogP contribution in [0.15, 0.2) is 24.3 Å². The van der Waals surface area contributed by atoms with Gasteiger partial charge < -0.3 is 5.32 Å². The first-order valence-corrected chi connectivity index (χ1v) is 5.47. The Morgan fingerprint density at radius 1 is 1.33 bits per heavy atom. The summed E-state index contributed by atoms with van der Waals surface area (Å²) < 4.78 is 0. The van der Waals surface area contributed by atoms with Gasteiger partial charge in [0, 0.05) is 22.7 Å². The van der Waals surface area contributed by atoms with Crippen LogP contribution in [0.3, 0.4) is 0 Å². The van der Waals surface area contributed by atoms with Gasteiger partial charge in [-0.2, -0.15) is 0 Å². The third kappa shape index (κ3) is 1.54. The SMILES string of the molecule is CCC1C(=O)c2ccccc2NC1(C)C. The Kier molecular flexibility index (Phi) is 2.29. The van der Waals surface area contributed by atoms with Crippen molar-refractivity contribution < 1.29 is 4.79 Å². The predicted octanol–water partition coefficient (Wildman–Crippen LogP) is 3.10. The van der Waals surface area contributed by atoms with Crippen LogP contribution in [0.5, 0.6) is 0 Å². The molecule has 1 atom stereocenters. The van der Waals surface area contributed by atoms with Gasteiger partial charge in [0.25, 0.3) is 0 Å². The molecule has 1 heterocycles. The topological polar surface area (TPSA) is 29.1 Å². The van der Waals surface area contributed by atoms with E-state index in [4.69, 9.17) is 0 Å². The molecular weight excluding hydrogens is 186 g/mol. The van der Waals surface area contributed by atoms with Gasteiger partial charge in [-0.1, -0.05) is 19.1 Å². The number of Topliss-reactive ketones (excluding diaryl/α,β-unsaturated/α-hetero) is 1. The van der Waals surface area contributed by atoms with Crippen molar-refractivity contribution in [3.8, 4) is 0 Å². The highest BCUT2D eigenvalue weighted by Gasteiger charge is 2.39.